The first kappa shape index (κ1) is 25.9. The van der Waals surface area contributed by atoms with Gasteiger partial charge in [-0.3, -0.25) is 14.5 Å². The van der Waals surface area contributed by atoms with Crippen LogP contribution in [0.4, 0.5) is 5.69 Å². The van der Waals surface area contributed by atoms with Crippen molar-refractivity contribution in [2.24, 2.45) is 0 Å². The van der Waals surface area contributed by atoms with E-state index in [0.29, 0.717) is 17.4 Å². The highest BCUT2D eigenvalue weighted by atomic mass is 32.1. The molecule has 0 bridgehead atoms. The summed E-state index contributed by atoms with van der Waals surface area (Å²) < 4.78 is 1.99. The Hall–Kier alpha value is -3.75. The summed E-state index contributed by atoms with van der Waals surface area (Å²) in [7, 11) is 1.82. The number of hydrogen-bond acceptors (Lipinski definition) is 4. The third-order valence-corrected chi connectivity index (χ3v) is 8.38. The van der Waals surface area contributed by atoms with Gasteiger partial charge < -0.3 is 14.8 Å². The predicted molar refractivity (Wildman–Crippen MR) is 159 cm³/mol. The number of aromatic nitrogens is 1. The summed E-state index contributed by atoms with van der Waals surface area (Å²) in [4.78, 5) is 31.0. The van der Waals surface area contributed by atoms with E-state index in [1.54, 1.807) is 21.1 Å². The van der Waals surface area contributed by atoms with Gasteiger partial charge in [0, 0.05) is 29.1 Å². The molecule has 0 spiro atoms. The lowest BCUT2D eigenvalue weighted by Gasteiger charge is -2.17. The zero-order valence-corrected chi connectivity index (χ0v) is 23.6. The van der Waals surface area contributed by atoms with Crippen LogP contribution in [0.5, 0.6) is 0 Å². The van der Waals surface area contributed by atoms with Gasteiger partial charge in [-0.05, 0) is 78.8 Å². The van der Waals surface area contributed by atoms with Gasteiger partial charge in [0.15, 0.2) is 5.11 Å². The minimum Gasteiger partial charge on any atom is -0.350 e. The number of amides is 2. The monoisotopic (exact) mass is 542 g/mol. The van der Waals surface area contributed by atoms with Gasteiger partial charge in [0.25, 0.3) is 5.91 Å². The highest BCUT2D eigenvalue weighted by Crippen LogP contribution is 2.32. The van der Waals surface area contributed by atoms with Crippen molar-refractivity contribution >= 4 is 63.1 Å². The summed E-state index contributed by atoms with van der Waals surface area (Å²) in [6, 6.07) is 16.1. The Morgan fingerprint density at radius 1 is 1.11 bits per heavy atom. The highest BCUT2D eigenvalue weighted by molar-refractivity contribution is 7.80. The van der Waals surface area contributed by atoms with Crippen LogP contribution in [0.2, 0.25) is 0 Å². The first-order chi connectivity index (χ1) is 18.3. The van der Waals surface area contributed by atoms with Crippen LogP contribution in [-0.4, -0.2) is 33.4 Å². The normalized spacial score (nSPS) is 14.8. The van der Waals surface area contributed by atoms with E-state index in [9.17, 15) is 9.59 Å². The van der Waals surface area contributed by atoms with Crippen molar-refractivity contribution in [3.05, 3.63) is 92.9 Å². The molecule has 2 amide bonds. The Labute approximate surface area is 232 Å². The third kappa shape index (κ3) is 4.77. The molecule has 8 heteroatoms. The summed E-state index contributed by atoms with van der Waals surface area (Å²) in [5, 5.41) is 6.46. The number of para-hydroxylation sites is 1. The van der Waals surface area contributed by atoms with Gasteiger partial charge in [0.05, 0.1) is 17.7 Å². The van der Waals surface area contributed by atoms with Gasteiger partial charge in [0.1, 0.15) is 12.2 Å². The van der Waals surface area contributed by atoms with Crippen molar-refractivity contribution in [3.8, 4) is 0 Å². The number of carbonyl (C=O) groups is 2. The molecule has 1 saturated heterocycles. The van der Waals surface area contributed by atoms with Crippen molar-refractivity contribution in [3.63, 3.8) is 0 Å². The van der Waals surface area contributed by atoms with Gasteiger partial charge >= 0.3 is 0 Å². The van der Waals surface area contributed by atoms with Crippen molar-refractivity contribution in [1.82, 2.24) is 14.8 Å². The lowest BCUT2D eigenvalue weighted by atomic mass is 10.1. The Morgan fingerprint density at radius 3 is 2.63 bits per heavy atom. The average molecular weight is 543 g/mol. The Kier molecular flexibility index (Phi) is 7.19. The summed E-state index contributed by atoms with van der Waals surface area (Å²) in [6.45, 7) is 6.88. The van der Waals surface area contributed by atoms with Crippen LogP contribution in [0.25, 0.3) is 17.0 Å². The fraction of sp³-hybridized carbons (Fsp3) is 0.233. The second-order valence-corrected chi connectivity index (χ2v) is 10.9. The lowest BCUT2D eigenvalue weighted by molar-refractivity contribution is -0.121. The van der Waals surface area contributed by atoms with Crippen LogP contribution in [-0.2, 0) is 29.1 Å². The summed E-state index contributed by atoms with van der Waals surface area (Å²) in [6.07, 6.45) is 4.68. The molecule has 38 heavy (non-hydrogen) atoms. The minimum atomic E-state index is -0.165. The molecule has 0 aliphatic carbocycles. The second-order valence-electron chi connectivity index (χ2n) is 9.52. The molecule has 2 aromatic carbocycles. The minimum absolute atomic E-state index is 0.0587. The highest BCUT2D eigenvalue weighted by Gasteiger charge is 2.37. The van der Waals surface area contributed by atoms with Crippen molar-refractivity contribution in [1.29, 1.82) is 0 Å². The smallest absolute Gasteiger partial charge is 0.281 e. The number of fused-ring (bicyclic) bond motifs is 1. The molecule has 6 nitrogen and oxygen atoms in total. The van der Waals surface area contributed by atoms with E-state index in [1.165, 1.54) is 0 Å². The zero-order chi connectivity index (χ0) is 27.0. The molecule has 0 saturated carbocycles. The number of rotatable bonds is 7. The van der Waals surface area contributed by atoms with Gasteiger partial charge in [-0.1, -0.05) is 37.3 Å². The number of likely N-dealkylation sites (N-methyl/N-ethyl adjacent to an activating group) is 1. The largest absolute Gasteiger partial charge is 0.350 e. The molecule has 3 heterocycles. The van der Waals surface area contributed by atoms with E-state index in [0.717, 1.165) is 50.1 Å². The maximum absolute atomic E-state index is 13.6. The summed E-state index contributed by atoms with van der Waals surface area (Å²) in [5.41, 5.74) is 6.56. The number of nitrogens with zero attached hydrogens (tertiary/aromatic N) is 3. The zero-order valence-electron chi connectivity index (χ0n) is 21.9. The standard InChI is InChI=1S/C30H30N4O2S2/c1-5-21-8-6-10-25-22(17-33(28(21)25)18-27(35)31-16-24-9-7-13-38-24)15-26-29(36)34(30(37)32(26)4)23-12-11-19(2)20(3)14-23/h6-15,17H,5,16,18H2,1-4H3,(H,31,35)/b26-15-. The van der Waals surface area contributed by atoms with Crippen LogP contribution in [0.15, 0.2) is 65.8 Å². The number of nitrogens with one attached hydrogen (secondary N) is 1. The molecular formula is C30H30N4O2S2. The van der Waals surface area contributed by atoms with Gasteiger partial charge in [-0.15, -0.1) is 11.3 Å². The van der Waals surface area contributed by atoms with Crippen LogP contribution in [0.1, 0.15) is 34.1 Å². The molecule has 194 valence electrons. The van der Waals surface area contributed by atoms with Crippen LogP contribution < -0.4 is 10.2 Å². The van der Waals surface area contributed by atoms with E-state index in [1.807, 2.05) is 85.6 Å². The summed E-state index contributed by atoms with van der Waals surface area (Å²) in [5.74, 6) is -0.224. The average Bonchev–Trinajstić information content (AvgIpc) is 3.60. The number of thiophene rings is 1. The molecule has 1 aliphatic rings. The van der Waals surface area contributed by atoms with Gasteiger partial charge in [0.2, 0.25) is 5.91 Å². The topological polar surface area (TPSA) is 57.6 Å². The van der Waals surface area contributed by atoms with Crippen LogP contribution in [0.3, 0.4) is 0 Å². The quantitative estimate of drug-likeness (QED) is 0.237. The van der Waals surface area contributed by atoms with Gasteiger partial charge in [-0.25, -0.2) is 0 Å². The van der Waals surface area contributed by atoms with E-state index in [2.05, 4.69) is 18.3 Å². The number of hydrogen-bond donors (Lipinski definition) is 1. The van der Waals surface area contributed by atoms with Gasteiger partial charge in [-0.2, -0.15) is 0 Å². The van der Waals surface area contributed by atoms with E-state index in [-0.39, 0.29) is 18.4 Å². The Morgan fingerprint density at radius 2 is 1.92 bits per heavy atom. The molecular weight excluding hydrogens is 512 g/mol. The summed E-state index contributed by atoms with van der Waals surface area (Å²) >= 11 is 7.31. The predicted octanol–water partition coefficient (Wildman–Crippen LogP) is 5.80. The maximum Gasteiger partial charge on any atom is 0.281 e. The lowest BCUT2D eigenvalue weighted by Crippen LogP contribution is -2.31. The van der Waals surface area contributed by atoms with E-state index in [4.69, 9.17) is 12.2 Å². The number of thiocarbonyl (C=S) groups is 1. The molecule has 0 radical (unpaired) electrons. The maximum atomic E-state index is 13.6. The SMILES string of the molecule is CCc1cccc2c(/C=C3/C(=O)N(c4ccc(C)c(C)c4)C(=S)N3C)cn(CC(=O)NCc3cccs3)c12. The molecule has 0 atom stereocenters. The van der Waals surface area contributed by atoms with E-state index < -0.39 is 0 Å². The fourth-order valence-electron chi connectivity index (χ4n) is 4.80. The van der Waals surface area contributed by atoms with Crippen LogP contribution in [0, 0.1) is 13.8 Å². The molecule has 2 aromatic heterocycles. The molecule has 5 rings (SSSR count). The van der Waals surface area contributed by atoms with Crippen molar-refractivity contribution in [2.75, 3.05) is 11.9 Å². The second kappa shape index (κ2) is 10.6. The Bertz CT molecular complexity index is 1580. The van der Waals surface area contributed by atoms with Crippen molar-refractivity contribution in [2.45, 2.75) is 40.3 Å². The number of carbonyl (C=O) groups excluding carboxylic acids is 2. The van der Waals surface area contributed by atoms with E-state index >= 15 is 0 Å². The number of anilines is 1. The molecule has 1 aliphatic heterocycles. The molecule has 1 fully saturated rings. The molecule has 0 unspecified atom stereocenters. The Balaban J connectivity index is 1.50. The first-order valence-electron chi connectivity index (χ1n) is 12.6. The molecule has 4 aromatic rings. The molecule has 1 N–H and O–H groups in total. The van der Waals surface area contributed by atoms with Crippen molar-refractivity contribution < 1.29 is 9.59 Å². The van der Waals surface area contributed by atoms with Crippen LogP contribution >= 0.6 is 23.6 Å². The first-order valence-corrected chi connectivity index (χ1v) is 13.9. The third-order valence-electron chi connectivity index (χ3n) is 7.05. The fourth-order valence-corrected chi connectivity index (χ4v) is 5.73. The number of benzene rings is 2. The number of aryl methyl sites for hydroxylation is 3.